The van der Waals surface area contributed by atoms with Gasteiger partial charge in [-0.3, -0.25) is 9.69 Å². The van der Waals surface area contributed by atoms with Crippen molar-refractivity contribution in [2.75, 3.05) is 19.6 Å². The van der Waals surface area contributed by atoms with Crippen LogP contribution in [0.1, 0.15) is 31.2 Å². The summed E-state index contributed by atoms with van der Waals surface area (Å²) in [5, 5.41) is 7.38. The van der Waals surface area contributed by atoms with Crippen LogP contribution in [0.4, 0.5) is 0 Å². The quantitative estimate of drug-likeness (QED) is 0.888. The summed E-state index contributed by atoms with van der Waals surface area (Å²) in [7, 11) is 0. The molecule has 2 fully saturated rings. The smallest absolute Gasteiger partial charge is 0.226 e. The first kappa shape index (κ1) is 12.2. The van der Waals surface area contributed by atoms with E-state index in [1.54, 1.807) is 11.3 Å². The molecule has 1 N–H and O–H groups in total. The molecule has 0 bridgehead atoms. The van der Waals surface area contributed by atoms with Crippen LogP contribution in [0.15, 0.2) is 16.8 Å². The summed E-state index contributed by atoms with van der Waals surface area (Å²) in [6, 6.07) is 2.20. The second-order valence-corrected chi connectivity index (χ2v) is 6.33. The van der Waals surface area contributed by atoms with E-state index in [1.165, 1.54) is 5.56 Å². The molecule has 1 unspecified atom stereocenters. The van der Waals surface area contributed by atoms with Crippen LogP contribution in [0, 0.1) is 5.41 Å². The predicted molar refractivity (Wildman–Crippen MR) is 73.5 cm³/mol. The zero-order chi connectivity index (χ0) is 12.4. The number of nitrogens with one attached hydrogen (secondary N) is 1. The standard InChI is InChI=1S/C14H20N2OS/c17-13-14(4-6-15-13)3-1-7-16(8-5-14)10-12-2-9-18-11-12/h2,9,11H,1,3-8,10H2,(H,15,17). The Labute approximate surface area is 112 Å². The summed E-state index contributed by atoms with van der Waals surface area (Å²) in [4.78, 5) is 14.5. The Hall–Kier alpha value is -0.870. The van der Waals surface area contributed by atoms with Gasteiger partial charge in [-0.1, -0.05) is 0 Å². The lowest BCUT2D eigenvalue weighted by Crippen LogP contribution is -2.32. The lowest BCUT2D eigenvalue weighted by atomic mass is 9.79. The molecule has 0 aliphatic carbocycles. The highest BCUT2D eigenvalue weighted by Crippen LogP contribution is 2.38. The van der Waals surface area contributed by atoms with E-state index in [0.717, 1.165) is 51.9 Å². The van der Waals surface area contributed by atoms with Crippen LogP contribution < -0.4 is 5.32 Å². The van der Waals surface area contributed by atoms with Crippen LogP contribution in [0.25, 0.3) is 0 Å². The molecule has 3 nitrogen and oxygen atoms in total. The Bertz CT molecular complexity index is 417. The third-order valence-corrected chi connectivity index (χ3v) is 5.13. The lowest BCUT2D eigenvalue weighted by Gasteiger charge is -2.24. The van der Waals surface area contributed by atoms with Crippen LogP contribution in [-0.2, 0) is 11.3 Å². The maximum atomic E-state index is 12.0. The van der Waals surface area contributed by atoms with Crippen molar-refractivity contribution in [2.24, 2.45) is 5.41 Å². The molecule has 1 aromatic rings. The van der Waals surface area contributed by atoms with E-state index < -0.39 is 0 Å². The van der Waals surface area contributed by atoms with Gasteiger partial charge < -0.3 is 5.32 Å². The van der Waals surface area contributed by atoms with Gasteiger partial charge in [0.25, 0.3) is 0 Å². The van der Waals surface area contributed by atoms with E-state index in [1.807, 2.05) is 0 Å². The van der Waals surface area contributed by atoms with Crippen LogP contribution in [0.3, 0.4) is 0 Å². The van der Waals surface area contributed by atoms with Crippen molar-refractivity contribution in [1.82, 2.24) is 10.2 Å². The highest BCUT2D eigenvalue weighted by Gasteiger charge is 2.42. The third-order valence-electron chi connectivity index (χ3n) is 4.39. The van der Waals surface area contributed by atoms with E-state index in [0.29, 0.717) is 5.91 Å². The Kier molecular flexibility index (Phi) is 3.39. The van der Waals surface area contributed by atoms with Gasteiger partial charge in [0.05, 0.1) is 5.41 Å². The molecule has 3 rings (SSSR count). The highest BCUT2D eigenvalue weighted by molar-refractivity contribution is 7.07. The Balaban J connectivity index is 1.63. The number of thiophene rings is 1. The number of amides is 1. The molecular formula is C14H20N2OS. The Morgan fingerprint density at radius 2 is 2.28 bits per heavy atom. The molecule has 0 radical (unpaired) electrons. The SMILES string of the molecule is O=C1NCCC12CCCN(Cc1ccsc1)CC2. The molecule has 18 heavy (non-hydrogen) atoms. The second-order valence-electron chi connectivity index (χ2n) is 5.55. The zero-order valence-electron chi connectivity index (χ0n) is 10.7. The predicted octanol–water partition coefficient (Wildman–Crippen LogP) is 2.24. The number of hydrogen-bond acceptors (Lipinski definition) is 3. The Morgan fingerprint density at radius 3 is 3.00 bits per heavy atom. The van der Waals surface area contributed by atoms with E-state index in [-0.39, 0.29) is 5.41 Å². The van der Waals surface area contributed by atoms with Crippen LogP contribution in [-0.4, -0.2) is 30.4 Å². The van der Waals surface area contributed by atoms with Crippen molar-refractivity contribution in [1.29, 1.82) is 0 Å². The summed E-state index contributed by atoms with van der Waals surface area (Å²) in [6.07, 6.45) is 4.29. The number of carbonyl (C=O) groups is 1. The molecule has 4 heteroatoms. The molecule has 0 aromatic carbocycles. The van der Waals surface area contributed by atoms with Crippen LogP contribution >= 0.6 is 11.3 Å². The molecule has 1 aromatic heterocycles. The maximum absolute atomic E-state index is 12.0. The zero-order valence-corrected chi connectivity index (χ0v) is 11.5. The van der Waals surface area contributed by atoms with Gasteiger partial charge in [0.15, 0.2) is 0 Å². The summed E-state index contributed by atoms with van der Waals surface area (Å²) in [6.45, 7) is 4.11. The van der Waals surface area contributed by atoms with E-state index in [4.69, 9.17) is 0 Å². The van der Waals surface area contributed by atoms with Crippen molar-refractivity contribution >= 4 is 17.2 Å². The van der Waals surface area contributed by atoms with Gasteiger partial charge in [0.2, 0.25) is 5.91 Å². The lowest BCUT2D eigenvalue weighted by molar-refractivity contribution is -0.128. The van der Waals surface area contributed by atoms with Crippen LogP contribution in [0.5, 0.6) is 0 Å². The third kappa shape index (κ3) is 2.31. The van der Waals surface area contributed by atoms with E-state index in [9.17, 15) is 4.79 Å². The topological polar surface area (TPSA) is 32.3 Å². The fraction of sp³-hybridized carbons (Fsp3) is 0.643. The highest BCUT2D eigenvalue weighted by atomic mass is 32.1. The van der Waals surface area contributed by atoms with Crippen molar-refractivity contribution in [3.8, 4) is 0 Å². The van der Waals surface area contributed by atoms with Crippen molar-refractivity contribution in [3.05, 3.63) is 22.4 Å². The first-order valence-electron chi connectivity index (χ1n) is 6.80. The first-order valence-corrected chi connectivity index (χ1v) is 7.75. The van der Waals surface area contributed by atoms with E-state index in [2.05, 4.69) is 27.0 Å². The minimum absolute atomic E-state index is 0.0383. The fourth-order valence-corrected chi connectivity index (χ4v) is 3.90. The summed E-state index contributed by atoms with van der Waals surface area (Å²) in [5.41, 5.74) is 1.37. The van der Waals surface area contributed by atoms with Gasteiger partial charge in [-0.25, -0.2) is 0 Å². The van der Waals surface area contributed by atoms with Crippen molar-refractivity contribution in [2.45, 2.75) is 32.2 Å². The summed E-state index contributed by atoms with van der Waals surface area (Å²) >= 11 is 1.76. The molecule has 1 spiro atoms. The molecular weight excluding hydrogens is 244 g/mol. The van der Waals surface area contributed by atoms with Gasteiger partial charge >= 0.3 is 0 Å². The van der Waals surface area contributed by atoms with Gasteiger partial charge in [-0.2, -0.15) is 11.3 Å². The number of hydrogen-bond donors (Lipinski definition) is 1. The molecule has 1 amide bonds. The molecule has 2 aliphatic rings. The summed E-state index contributed by atoms with van der Waals surface area (Å²) < 4.78 is 0. The van der Waals surface area contributed by atoms with Crippen molar-refractivity contribution < 1.29 is 4.79 Å². The van der Waals surface area contributed by atoms with Gasteiger partial charge in [0, 0.05) is 13.1 Å². The van der Waals surface area contributed by atoms with Gasteiger partial charge in [-0.15, -0.1) is 0 Å². The number of rotatable bonds is 2. The fourth-order valence-electron chi connectivity index (χ4n) is 3.24. The molecule has 3 heterocycles. The van der Waals surface area contributed by atoms with Gasteiger partial charge in [0.1, 0.15) is 0 Å². The number of carbonyl (C=O) groups excluding carboxylic acids is 1. The molecule has 2 aliphatic heterocycles. The molecule has 98 valence electrons. The molecule has 1 atom stereocenters. The van der Waals surface area contributed by atoms with Gasteiger partial charge in [-0.05, 0) is 61.2 Å². The average Bonchev–Trinajstić information content (AvgIpc) is 2.92. The minimum Gasteiger partial charge on any atom is -0.356 e. The van der Waals surface area contributed by atoms with E-state index >= 15 is 0 Å². The maximum Gasteiger partial charge on any atom is 0.226 e. The van der Waals surface area contributed by atoms with Crippen LogP contribution in [0.2, 0.25) is 0 Å². The minimum atomic E-state index is -0.0383. The summed E-state index contributed by atoms with van der Waals surface area (Å²) in [5.74, 6) is 0.305. The number of likely N-dealkylation sites (tertiary alicyclic amines) is 1. The van der Waals surface area contributed by atoms with Crippen molar-refractivity contribution in [3.63, 3.8) is 0 Å². The number of nitrogens with zero attached hydrogens (tertiary/aromatic N) is 1. The largest absolute Gasteiger partial charge is 0.356 e. The normalized spacial score (nSPS) is 29.4. The molecule has 2 saturated heterocycles. The second kappa shape index (κ2) is 5.02. The molecule has 0 saturated carbocycles. The first-order chi connectivity index (χ1) is 8.78. The monoisotopic (exact) mass is 264 g/mol. The average molecular weight is 264 g/mol. The Morgan fingerprint density at radius 1 is 1.33 bits per heavy atom.